The van der Waals surface area contributed by atoms with Gasteiger partial charge in [-0.25, -0.2) is 4.98 Å². The van der Waals surface area contributed by atoms with Crippen molar-refractivity contribution in [1.82, 2.24) is 15.2 Å². The first kappa shape index (κ1) is 23.6. The zero-order valence-corrected chi connectivity index (χ0v) is 18.9. The molecule has 150 valence electrons. The summed E-state index contributed by atoms with van der Waals surface area (Å²) >= 11 is 2.20. The summed E-state index contributed by atoms with van der Waals surface area (Å²) in [6.45, 7) is 0. The van der Waals surface area contributed by atoms with Gasteiger partial charge in [0.2, 0.25) is 12.3 Å². The number of amides is 3. The Kier molecular flexibility index (Phi) is 8.02. The fourth-order valence-electron chi connectivity index (χ4n) is 2.84. The van der Waals surface area contributed by atoms with E-state index in [1.54, 1.807) is 0 Å². The maximum Gasteiger partial charge on any atom is 1.00 e. The van der Waals surface area contributed by atoms with Crippen molar-refractivity contribution in [2.24, 2.45) is 5.16 Å². The normalized spacial score (nSPS) is 25.8. The molecule has 1 aromatic heterocycles. The number of thioether (sulfide) groups is 1. The number of anilines is 1. The fourth-order valence-corrected chi connectivity index (χ4v) is 4.84. The van der Waals surface area contributed by atoms with Crippen molar-refractivity contribution in [2.45, 2.75) is 23.6 Å². The Morgan fingerprint density at radius 3 is 2.86 bits per heavy atom. The van der Waals surface area contributed by atoms with Crippen LogP contribution in [-0.4, -0.2) is 81.3 Å². The average molecular weight is 451 g/mol. The zero-order valence-electron chi connectivity index (χ0n) is 15.2. The molecule has 3 rings (SSSR count). The Morgan fingerprint density at radius 2 is 2.24 bits per heavy atom. The van der Waals surface area contributed by atoms with Crippen LogP contribution in [0.2, 0.25) is 0 Å². The molecule has 0 bridgehead atoms. The molecule has 3 N–H and O–H groups in total. The van der Waals surface area contributed by atoms with Crippen molar-refractivity contribution >= 4 is 58.1 Å². The number of hydrogen-bond acceptors (Lipinski definition) is 11. The molecule has 2 aliphatic rings. The number of carboxylic acids is 1. The van der Waals surface area contributed by atoms with Gasteiger partial charge in [-0.15, -0.1) is 23.1 Å². The number of aliphatic hydroxyl groups is 1. The second-order valence-electron chi connectivity index (χ2n) is 5.67. The van der Waals surface area contributed by atoms with Gasteiger partial charge in [0.1, 0.15) is 24.2 Å². The second kappa shape index (κ2) is 9.86. The summed E-state index contributed by atoms with van der Waals surface area (Å²) in [5.41, 5.74) is -0.0992. The van der Waals surface area contributed by atoms with Gasteiger partial charge >= 0.3 is 29.6 Å². The number of nitrogens with one attached hydrogen (secondary N) is 2. The van der Waals surface area contributed by atoms with E-state index in [1.165, 1.54) is 12.5 Å². The van der Waals surface area contributed by atoms with E-state index in [9.17, 15) is 29.4 Å². The van der Waals surface area contributed by atoms with Crippen LogP contribution in [0.25, 0.3) is 0 Å². The average Bonchev–Trinajstić information content (AvgIpc) is 3.12. The minimum Gasteiger partial charge on any atom is -0.548 e. The third-order valence-electron chi connectivity index (χ3n) is 4.04. The molecule has 2 saturated heterocycles. The molecule has 3 unspecified atom stereocenters. The smallest absolute Gasteiger partial charge is 0.548 e. The molecule has 0 aromatic carbocycles. The van der Waals surface area contributed by atoms with Crippen LogP contribution in [-0.2, 0) is 24.0 Å². The van der Waals surface area contributed by atoms with Crippen LogP contribution in [0.5, 0.6) is 0 Å². The number of hydrogen-bond donors (Lipinski definition) is 3. The van der Waals surface area contributed by atoms with Gasteiger partial charge < -0.3 is 35.4 Å². The summed E-state index contributed by atoms with van der Waals surface area (Å²) < 4.78 is 0. The molecule has 3 heterocycles. The first-order valence-corrected chi connectivity index (χ1v) is 9.72. The van der Waals surface area contributed by atoms with Gasteiger partial charge in [-0.05, 0) is 0 Å². The molecule has 2 fully saturated rings. The van der Waals surface area contributed by atoms with Crippen LogP contribution in [0.3, 0.4) is 0 Å². The molecule has 1 aromatic rings. The molecule has 0 saturated carbocycles. The largest absolute Gasteiger partial charge is 1.00 e. The Balaban J connectivity index is 0.00000300. The minimum atomic E-state index is -1.56. The maximum atomic E-state index is 12.6. The Bertz CT molecular complexity index is 850. The predicted molar refractivity (Wildman–Crippen MR) is 95.2 cm³/mol. The van der Waals surface area contributed by atoms with E-state index in [0.29, 0.717) is 6.41 Å². The van der Waals surface area contributed by atoms with E-state index in [-0.39, 0.29) is 51.8 Å². The number of rotatable bonds is 7. The summed E-state index contributed by atoms with van der Waals surface area (Å²) in [7, 11) is 1.23. The first-order chi connectivity index (χ1) is 13.4. The first-order valence-electron chi connectivity index (χ1n) is 7.79. The fraction of sp³-hybridized carbons (Fsp3) is 0.429. The summed E-state index contributed by atoms with van der Waals surface area (Å²) in [6.07, 6.45) is -0.823. The number of carbonyl (C=O) groups excluding carboxylic acids is 4. The van der Waals surface area contributed by atoms with Gasteiger partial charge in [0.25, 0.3) is 5.91 Å². The number of β-lactam (4-membered cyclic amide) rings is 1. The third kappa shape index (κ3) is 4.57. The van der Waals surface area contributed by atoms with Gasteiger partial charge in [0.15, 0.2) is 10.8 Å². The van der Waals surface area contributed by atoms with Crippen LogP contribution in [0.1, 0.15) is 5.69 Å². The van der Waals surface area contributed by atoms with Crippen molar-refractivity contribution in [2.75, 3.05) is 18.2 Å². The molecule has 4 atom stereocenters. The molecular formula is C14H14N5NaO7S2. The van der Waals surface area contributed by atoms with Crippen molar-refractivity contribution in [3.05, 3.63) is 11.1 Å². The number of thiazole rings is 1. The van der Waals surface area contributed by atoms with Crippen molar-refractivity contribution in [1.29, 1.82) is 0 Å². The van der Waals surface area contributed by atoms with Crippen LogP contribution >= 0.6 is 23.1 Å². The molecule has 3 amide bonds. The molecule has 15 heteroatoms. The number of aliphatic hydroxyl groups excluding tert-OH is 1. The van der Waals surface area contributed by atoms with E-state index in [2.05, 4.69) is 25.6 Å². The van der Waals surface area contributed by atoms with Gasteiger partial charge in [0, 0.05) is 11.1 Å². The zero-order chi connectivity index (χ0) is 20.4. The van der Waals surface area contributed by atoms with Crippen LogP contribution in [0.15, 0.2) is 10.5 Å². The molecule has 0 radical (unpaired) electrons. The Labute approximate surface area is 194 Å². The molecule has 0 aliphatic carbocycles. The number of oxime groups is 1. The summed E-state index contributed by atoms with van der Waals surface area (Å²) in [6, 6.07) is -2.46. The van der Waals surface area contributed by atoms with Crippen molar-refractivity contribution in [3.8, 4) is 0 Å². The SMILES string of the molecule is CON=C(C(=O)NC1C(=O)N2C(C(=O)[O-])C(O)CS[C@H]12)c1csc(NC=O)n1.[Na+]. The van der Waals surface area contributed by atoms with Crippen LogP contribution in [0.4, 0.5) is 5.13 Å². The topological polar surface area (TPSA) is 173 Å². The maximum absolute atomic E-state index is 12.6. The number of carboxylic acid groups (broad SMARTS) is 1. The number of fused-ring (bicyclic) bond motifs is 1. The van der Waals surface area contributed by atoms with E-state index in [0.717, 1.165) is 28.0 Å². The van der Waals surface area contributed by atoms with E-state index >= 15 is 0 Å². The van der Waals surface area contributed by atoms with Gasteiger partial charge in [-0.1, -0.05) is 5.16 Å². The van der Waals surface area contributed by atoms with Gasteiger partial charge in [-0.3, -0.25) is 14.4 Å². The van der Waals surface area contributed by atoms with Gasteiger partial charge in [-0.2, -0.15) is 0 Å². The van der Waals surface area contributed by atoms with Crippen molar-refractivity contribution in [3.63, 3.8) is 0 Å². The third-order valence-corrected chi connectivity index (χ3v) is 6.18. The molecule has 0 spiro atoms. The predicted octanol–water partition coefficient (Wildman–Crippen LogP) is -6.05. The number of aliphatic carboxylic acids is 1. The quantitative estimate of drug-likeness (QED) is 0.120. The van der Waals surface area contributed by atoms with E-state index in [4.69, 9.17) is 0 Å². The monoisotopic (exact) mass is 451 g/mol. The van der Waals surface area contributed by atoms with Crippen LogP contribution in [0, 0.1) is 0 Å². The Morgan fingerprint density at radius 1 is 1.52 bits per heavy atom. The molecule has 2 aliphatic heterocycles. The van der Waals surface area contributed by atoms with Gasteiger partial charge in [0.05, 0.1) is 18.1 Å². The van der Waals surface area contributed by atoms with E-state index in [1.807, 2.05) is 0 Å². The van der Waals surface area contributed by atoms with E-state index < -0.39 is 41.3 Å². The number of nitrogens with zero attached hydrogens (tertiary/aromatic N) is 3. The minimum absolute atomic E-state index is 0. The molecule has 12 nitrogen and oxygen atoms in total. The number of carbonyl (C=O) groups is 4. The second-order valence-corrected chi connectivity index (χ2v) is 7.68. The standard InChI is InChI=1S/C14H15N5O7S2.Na/c1-26-18-7(5-2-28-14(16-5)15-4-20)10(22)17-8-11(23)19-9(13(24)25)6(21)3-27-12(8)19;/h2,4,6,8-9,12,21H,3H2,1H3,(H,17,22)(H,24,25)(H,15,16,20);/q;+1/p-1/t6?,8?,9?,12-;/m1./s1. The Hall–Kier alpha value is -1.71. The summed E-state index contributed by atoms with van der Waals surface area (Å²) in [4.78, 5) is 56.3. The molecular weight excluding hydrogens is 437 g/mol. The van der Waals surface area contributed by atoms with Crippen molar-refractivity contribution < 1.29 is 63.8 Å². The molecule has 29 heavy (non-hydrogen) atoms. The summed E-state index contributed by atoms with van der Waals surface area (Å²) in [5, 5.41) is 30.5. The van der Waals surface area contributed by atoms with Crippen LogP contribution < -0.4 is 45.3 Å². The number of aromatic nitrogens is 1. The summed E-state index contributed by atoms with van der Waals surface area (Å²) in [5.74, 6) is -2.91.